The van der Waals surface area contributed by atoms with E-state index in [9.17, 15) is 9.90 Å². The molecule has 0 radical (unpaired) electrons. The lowest BCUT2D eigenvalue weighted by atomic mass is 10.2. The zero-order chi connectivity index (χ0) is 15.2. The summed E-state index contributed by atoms with van der Waals surface area (Å²) in [5.41, 5.74) is 0.871. The third-order valence-corrected chi connectivity index (χ3v) is 3.28. The van der Waals surface area contributed by atoms with Gasteiger partial charge in [-0.25, -0.2) is 0 Å². The summed E-state index contributed by atoms with van der Waals surface area (Å²) in [7, 11) is 0. The number of ether oxygens (including phenoxy) is 1. The zero-order valence-electron chi connectivity index (χ0n) is 11.6. The molecule has 0 aliphatic heterocycles. The number of phenols is 1. The Balaban J connectivity index is 2.05. The Kier molecular flexibility index (Phi) is 5.22. The van der Waals surface area contributed by atoms with E-state index in [2.05, 4.69) is 21.2 Å². The molecule has 2 N–H and O–H groups in total. The van der Waals surface area contributed by atoms with Crippen molar-refractivity contribution in [2.24, 2.45) is 0 Å². The van der Waals surface area contributed by atoms with E-state index in [1.807, 2.05) is 6.92 Å². The summed E-state index contributed by atoms with van der Waals surface area (Å²) in [6.07, 6.45) is 0.946. The Morgan fingerprint density at radius 1 is 1.24 bits per heavy atom. The highest BCUT2D eigenvalue weighted by Crippen LogP contribution is 2.23. The Labute approximate surface area is 131 Å². The van der Waals surface area contributed by atoms with Gasteiger partial charge in [0, 0.05) is 10.2 Å². The normalized spacial score (nSPS) is 10.2. The van der Waals surface area contributed by atoms with Gasteiger partial charge in [0.25, 0.3) is 5.91 Å². The quantitative estimate of drug-likeness (QED) is 0.850. The van der Waals surface area contributed by atoms with Gasteiger partial charge >= 0.3 is 0 Å². The van der Waals surface area contributed by atoms with E-state index < -0.39 is 0 Å². The van der Waals surface area contributed by atoms with E-state index in [1.165, 1.54) is 6.07 Å². The standard InChI is InChI=1S/C16H16BrNO3/c1-2-9-21-13-6-4-12(5-7-13)18-16(20)14-8-3-11(17)10-15(14)19/h3-8,10,19H,2,9H2,1H3,(H,18,20). The van der Waals surface area contributed by atoms with E-state index in [4.69, 9.17) is 4.74 Å². The minimum atomic E-state index is -0.359. The fourth-order valence-corrected chi connectivity index (χ4v) is 2.10. The van der Waals surface area contributed by atoms with Crippen LogP contribution in [0.15, 0.2) is 46.9 Å². The highest BCUT2D eigenvalue weighted by Gasteiger charge is 2.11. The molecule has 0 unspecified atom stereocenters. The van der Waals surface area contributed by atoms with E-state index in [-0.39, 0.29) is 17.2 Å². The second-order valence-electron chi connectivity index (χ2n) is 4.49. The van der Waals surface area contributed by atoms with Crippen molar-refractivity contribution in [1.82, 2.24) is 0 Å². The molecule has 110 valence electrons. The molecule has 0 spiro atoms. The van der Waals surface area contributed by atoms with Gasteiger partial charge in [0.05, 0.1) is 12.2 Å². The topological polar surface area (TPSA) is 58.6 Å². The molecule has 2 rings (SSSR count). The number of hydrogen-bond acceptors (Lipinski definition) is 3. The lowest BCUT2D eigenvalue weighted by molar-refractivity contribution is 0.102. The molecule has 2 aromatic carbocycles. The second kappa shape index (κ2) is 7.13. The van der Waals surface area contributed by atoms with Crippen molar-refractivity contribution < 1.29 is 14.6 Å². The van der Waals surface area contributed by atoms with Crippen LogP contribution >= 0.6 is 15.9 Å². The Hall–Kier alpha value is -2.01. The predicted molar refractivity (Wildman–Crippen MR) is 86.0 cm³/mol. The molecule has 0 bridgehead atoms. The largest absolute Gasteiger partial charge is 0.507 e. The van der Waals surface area contributed by atoms with Crippen LogP contribution in [0.25, 0.3) is 0 Å². The van der Waals surface area contributed by atoms with E-state index in [0.717, 1.165) is 12.2 Å². The van der Waals surface area contributed by atoms with Gasteiger partial charge < -0.3 is 15.2 Å². The van der Waals surface area contributed by atoms with Gasteiger partial charge in [-0.3, -0.25) is 4.79 Å². The second-order valence-corrected chi connectivity index (χ2v) is 5.40. The summed E-state index contributed by atoms with van der Waals surface area (Å²) >= 11 is 3.24. The van der Waals surface area contributed by atoms with Gasteiger partial charge in [0.1, 0.15) is 11.5 Å². The van der Waals surface area contributed by atoms with Gasteiger partial charge in [0.2, 0.25) is 0 Å². The molecule has 1 amide bonds. The van der Waals surface area contributed by atoms with Gasteiger partial charge in [-0.05, 0) is 48.9 Å². The lowest BCUT2D eigenvalue weighted by Gasteiger charge is -2.09. The van der Waals surface area contributed by atoms with Crippen molar-refractivity contribution >= 4 is 27.5 Å². The molecule has 0 atom stereocenters. The van der Waals surface area contributed by atoms with Crippen molar-refractivity contribution in [3.05, 3.63) is 52.5 Å². The molecule has 0 saturated heterocycles. The Morgan fingerprint density at radius 2 is 1.95 bits per heavy atom. The number of halogens is 1. The van der Waals surface area contributed by atoms with E-state index >= 15 is 0 Å². The van der Waals surface area contributed by atoms with Crippen LogP contribution in [0, 0.1) is 0 Å². The summed E-state index contributed by atoms with van der Waals surface area (Å²) in [6, 6.07) is 11.9. The number of anilines is 1. The molecule has 0 fully saturated rings. The van der Waals surface area contributed by atoms with Crippen LogP contribution < -0.4 is 10.1 Å². The fraction of sp³-hybridized carbons (Fsp3) is 0.188. The molecule has 2 aromatic rings. The van der Waals surface area contributed by atoms with E-state index in [1.54, 1.807) is 36.4 Å². The molecular formula is C16H16BrNO3. The maximum absolute atomic E-state index is 12.1. The SMILES string of the molecule is CCCOc1ccc(NC(=O)c2ccc(Br)cc2O)cc1. The van der Waals surface area contributed by atoms with Crippen LogP contribution in [0.1, 0.15) is 23.7 Å². The number of carbonyl (C=O) groups excluding carboxylic acids is 1. The van der Waals surface area contributed by atoms with Crippen molar-refractivity contribution in [1.29, 1.82) is 0 Å². The molecule has 4 nitrogen and oxygen atoms in total. The number of rotatable bonds is 5. The molecule has 0 saturated carbocycles. The summed E-state index contributed by atoms with van der Waals surface area (Å²) in [6.45, 7) is 2.71. The number of phenolic OH excluding ortho intramolecular Hbond substituents is 1. The van der Waals surface area contributed by atoms with E-state index in [0.29, 0.717) is 16.8 Å². The van der Waals surface area contributed by atoms with Gasteiger partial charge in [-0.1, -0.05) is 22.9 Å². The third-order valence-electron chi connectivity index (χ3n) is 2.79. The summed E-state index contributed by atoms with van der Waals surface area (Å²) in [4.78, 5) is 12.1. The maximum Gasteiger partial charge on any atom is 0.259 e. The maximum atomic E-state index is 12.1. The first-order valence-electron chi connectivity index (χ1n) is 6.63. The number of hydrogen-bond donors (Lipinski definition) is 2. The number of aromatic hydroxyl groups is 1. The van der Waals surface area contributed by atoms with Gasteiger partial charge in [-0.2, -0.15) is 0 Å². The van der Waals surface area contributed by atoms with Crippen molar-refractivity contribution in [2.75, 3.05) is 11.9 Å². The average molecular weight is 350 g/mol. The van der Waals surface area contributed by atoms with Gasteiger partial charge in [0.15, 0.2) is 0 Å². The minimum absolute atomic E-state index is 0.0650. The third kappa shape index (κ3) is 4.23. The number of benzene rings is 2. The molecule has 0 aliphatic rings. The predicted octanol–water partition coefficient (Wildman–Crippen LogP) is 4.20. The van der Waals surface area contributed by atoms with Crippen LogP contribution in [0.5, 0.6) is 11.5 Å². The highest BCUT2D eigenvalue weighted by molar-refractivity contribution is 9.10. The molecule has 21 heavy (non-hydrogen) atoms. The smallest absolute Gasteiger partial charge is 0.259 e. The summed E-state index contributed by atoms with van der Waals surface area (Å²) in [5.74, 6) is 0.341. The first kappa shape index (κ1) is 15.4. The summed E-state index contributed by atoms with van der Waals surface area (Å²) in [5, 5.41) is 12.5. The molecule has 0 aliphatic carbocycles. The monoisotopic (exact) mass is 349 g/mol. The first-order valence-corrected chi connectivity index (χ1v) is 7.42. The van der Waals surface area contributed by atoms with Crippen molar-refractivity contribution in [2.45, 2.75) is 13.3 Å². The van der Waals surface area contributed by atoms with Crippen molar-refractivity contribution in [3.8, 4) is 11.5 Å². The highest BCUT2D eigenvalue weighted by atomic mass is 79.9. The number of amides is 1. The molecule has 5 heteroatoms. The fourth-order valence-electron chi connectivity index (χ4n) is 1.75. The van der Waals surface area contributed by atoms with Crippen LogP contribution in [0.4, 0.5) is 5.69 Å². The first-order chi connectivity index (χ1) is 10.1. The summed E-state index contributed by atoms with van der Waals surface area (Å²) < 4.78 is 6.19. The van der Waals surface area contributed by atoms with Crippen LogP contribution in [-0.2, 0) is 0 Å². The Morgan fingerprint density at radius 3 is 2.57 bits per heavy atom. The average Bonchev–Trinajstić information content (AvgIpc) is 2.46. The number of carbonyl (C=O) groups is 1. The number of nitrogens with one attached hydrogen (secondary N) is 1. The van der Waals surface area contributed by atoms with Crippen LogP contribution in [0.2, 0.25) is 0 Å². The molecular weight excluding hydrogens is 334 g/mol. The van der Waals surface area contributed by atoms with Crippen LogP contribution in [0.3, 0.4) is 0 Å². The van der Waals surface area contributed by atoms with Gasteiger partial charge in [-0.15, -0.1) is 0 Å². The lowest BCUT2D eigenvalue weighted by Crippen LogP contribution is -2.12. The zero-order valence-corrected chi connectivity index (χ0v) is 13.2. The Bertz CT molecular complexity index is 626. The van der Waals surface area contributed by atoms with Crippen molar-refractivity contribution in [3.63, 3.8) is 0 Å². The molecule has 0 heterocycles. The van der Waals surface area contributed by atoms with Crippen LogP contribution in [-0.4, -0.2) is 17.6 Å². The molecule has 0 aromatic heterocycles. The minimum Gasteiger partial charge on any atom is -0.507 e.